The molecule has 1 fully saturated rings. The summed E-state index contributed by atoms with van der Waals surface area (Å²) in [6.07, 6.45) is 1.83. The zero-order valence-corrected chi connectivity index (χ0v) is 16.8. The van der Waals surface area contributed by atoms with Crippen LogP contribution in [0.25, 0.3) is 22.4 Å². The number of nitrogens with zero attached hydrogens (tertiary/aromatic N) is 2. The van der Waals surface area contributed by atoms with Crippen molar-refractivity contribution in [2.75, 3.05) is 17.2 Å². The lowest BCUT2D eigenvalue weighted by molar-refractivity contribution is -0.119. The number of hydrogen-bond acceptors (Lipinski definition) is 7. The largest absolute Gasteiger partial charge is 0.491 e. The Balaban J connectivity index is 1.44. The van der Waals surface area contributed by atoms with Crippen LogP contribution in [0.5, 0.6) is 11.5 Å². The van der Waals surface area contributed by atoms with Crippen molar-refractivity contribution in [3.8, 4) is 22.9 Å². The molecular weight excluding hydrogens is 398 g/mol. The average Bonchev–Trinajstić information content (AvgIpc) is 3.45. The van der Waals surface area contributed by atoms with Crippen LogP contribution in [0.3, 0.4) is 0 Å². The molecule has 2 atom stereocenters. The molecule has 1 unspecified atom stereocenters. The normalized spacial score (nSPS) is 20.2. The van der Waals surface area contributed by atoms with Gasteiger partial charge in [0.15, 0.2) is 0 Å². The molecule has 1 aromatic heterocycles. The molecule has 2 aliphatic heterocycles. The Morgan fingerprint density at radius 3 is 2.97 bits per heavy atom. The van der Waals surface area contributed by atoms with E-state index >= 15 is 0 Å². The quantitative estimate of drug-likeness (QED) is 0.498. The zero-order chi connectivity index (χ0) is 21.1. The maximum Gasteiger partial charge on any atom is 0.279 e. The number of benzene rings is 2. The number of nitrogens with two attached hydrogens (primary N) is 1. The van der Waals surface area contributed by atoms with Gasteiger partial charge in [-0.3, -0.25) is 4.79 Å². The van der Waals surface area contributed by atoms with E-state index in [1.165, 1.54) is 0 Å². The SMILES string of the molecule is NC(=O)[C@@H](Nc1cc2c3c(c1)nc(-c1ccc4c(c1)OC(O)N4)n3CCCO2)C1CC1. The van der Waals surface area contributed by atoms with Gasteiger partial charge in [-0.25, -0.2) is 4.98 Å². The summed E-state index contributed by atoms with van der Waals surface area (Å²) in [5, 5.41) is 15.8. The van der Waals surface area contributed by atoms with Gasteiger partial charge in [0, 0.05) is 23.9 Å². The summed E-state index contributed by atoms with van der Waals surface area (Å²) in [4.78, 5) is 16.8. The summed E-state index contributed by atoms with van der Waals surface area (Å²) < 4.78 is 13.6. The maximum absolute atomic E-state index is 11.9. The van der Waals surface area contributed by atoms with Gasteiger partial charge in [-0.15, -0.1) is 0 Å². The highest BCUT2D eigenvalue weighted by atomic mass is 16.6. The van der Waals surface area contributed by atoms with E-state index in [9.17, 15) is 9.90 Å². The number of amides is 1. The zero-order valence-electron chi connectivity index (χ0n) is 16.8. The number of rotatable bonds is 5. The van der Waals surface area contributed by atoms with E-state index in [0.29, 0.717) is 12.4 Å². The molecule has 1 aliphatic carbocycles. The summed E-state index contributed by atoms with van der Waals surface area (Å²) >= 11 is 0. The second kappa shape index (κ2) is 6.78. The Kier molecular flexibility index (Phi) is 4.01. The number of fused-ring (bicyclic) bond motifs is 1. The number of anilines is 2. The monoisotopic (exact) mass is 421 g/mol. The van der Waals surface area contributed by atoms with Gasteiger partial charge in [-0.2, -0.15) is 0 Å². The molecule has 0 bridgehead atoms. The van der Waals surface area contributed by atoms with Gasteiger partial charge >= 0.3 is 0 Å². The molecule has 5 N–H and O–H groups in total. The van der Waals surface area contributed by atoms with E-state index in [-0.39, 0.29) is 17.9 Å². The van der Waals surface area contributed by atoms with Gasteiger partial charge in [0.05, 0.1) is 17.8 Å². The molecule has 1 saturated carbocycles. The molecule has 31 heavy (non-hydrogen) atoms. The van der Waals surface area contributed by atoms with Crippen molar-refractivity contribution in [3.05, 3.63) is 30.3 Å². The fourth-order valence-corrected chi connectivity index (χ4v) is 4.46. The first-order valence-electron chi connectivity index (χ1n) is 10.6. The van der Waals surface area contributed by atoms with Crippen molar-refractivity contribution in [3.63, 3.8) is 0 Å². The summed E-state index contributed by atoms with van der Waals surface area (Å²) in [7, 11) is 0. The summed E-state index contributed by atoms with van der Waals surface area (Å²) in [5.74, 6) is 2.09. The van der Waals surface area contributed by atoms with Crippen LogP contribution >= 0.6 is 0 Å². The molecule has 6 rings (SSSR count). The van der Waals surface area contributed by atoms with Crippen molar-refractivity contribution in [1.29, 1.82) is 0 Å². The molecule has 0 radical (unpaired) electrons. The summed E-state index contributed by atoms with van der Waals surface area (Å²) in [6, 6.07) is 9.20. The van der Waals surface area contributed by atoms with Crippen LogP contribution < -0.4 is 25.8 Å². The second-order valence-corrected chi connectivity index (χ2v) is 8.32. The number of carbonyl (C=O) groups excluding carboxylic acids is 1. The number of nitrogens with one attached hydrogen (secondary N) is 2. The highest BCUT2D eigenvalue weighted by Gasteiger charge is 2.35. The molecule has 3 aliphatic rings. The van der Waals surface area contributed by atoms with Gasteiger partial charge in [-0.05, 0) is 49.4 Å². The predicted molar refractivity (Wildman–Crippen MR) is 115 cm³/mol. The number of aryl methyl sites for hydroxylation is 1. The van der Waals surface area contributed by atoms with Gasteiger partial charge in [0.25, 0.3) is 6.41 Å². The number of aromatic nitrogens is 2. The summed E-state index contributed by atoms with van der Waals surface area (Å²) in [5.41, 5.74) is 9.75. The fraction of sp³-hybridized carbons (Fsp3) is 0.364. The fourth-order valence-electron chi connectivity index (χ4n) is 4.46. The molecule has 3 aromatic rings. The summed E-state index contributed by atoms with van der Waals surface area (Å²) in [6.45, 7) is 1.38. The number of ether oxygens (including phenoxy) is 2. The Labute approximate surface area is 178 Å². The minimum atomic E-state index is -1.04. The standard InChI is InChI=1S/C22H23N5O4/c23-20(28)18(11-2-3-11)24-13-9-15-19-17(10-13)30-7-1-6-27(19)21(25-15)12-4-5-14-16(8-12)31-22(29)26-14/h4-5,8-11,18,22,24,26,29H,1-3,6-7H2,(H2,23,28)/t18-,22?/m0/s1. The highest BCUT2D eigenvalue weighted by molar-refractivity contribution is 5.91. The smallest absolute Gasteiger partial charge is 0.279 e. The molecule has 2 aromatic carbocycles. The van der Waals surface area contributed by atoms with E-state index in [2.05, 4.69) is 15.2 Å². The van der Waals surface area contributed by atoms with Crippen molar-refractivity contribution < 1.29 is 19.4 Å². The Morgan fingerprint density at radius 1 is 1.29 bits per heavy atom. The second-order valence-electron chi connectivity index (χ2n) is 8.32. The first-order valence-corrected chi connectivity index (χ1v) is 10.6. The average molecular weight is 421 g/mol. The minimum Gasteiger partial charge on any atom is -0.491 e. The topological polar surface area (TPSA) is 124 Å². The van der Waals surface area contributed by atoms with Gasteiger partial charge in [0.2, 0.25) is 5.91 Å². The molecule has 160 valence electrons. The van der Waals surface area contributed by atoms with Gasteiger partial charge < -0.3 is 35.5 Å². The van der Waals surface area contributed by atoms with E-state index in [4.69, 9.17) is 20.2 Å². The number of aliphatic hydroxyl groups is 1. The van der Waals surface area contributed by atoms with E-state index in [0.717, 1.165) is 65.4 Å². The number of imidazole rings is 1. The first-order chi connectivity index (χ1) is 15.1. The van der Waals surface area contributed by atoms with Crippen molar-refractivity contribution >= 4 is 28.3 Å². The van der Waals surface area contributed by atoms with Gasteiger partial charge in [-0.1, -0.05) is 0 Å². The van der Waals surface area contributed by atoms with E-state index in [1.54, 1.807) is 0 Å². The Bertz CT molecular complexity index is 1200. The van der Waals surface area contributed by atoms with Crippen LogP contribution in [0.2, 0.25) is 0 Å². The van der Waals surface area contributed by atoms with Crippen LogP contribution in [-0.4, -0.2) is 39.6 Å². The third-order valence-corrected chi connectivity index (χ3v) is 6.07. The molecule has 0 spiro atoms. The first kappa shape index (κ1) is 18.3. The van der Waals surface area contributed by atoms with Crippen LogP contribution in [0, 0.1) is 5.92 Å². The van der Waals surface area contributed by atoms with Crippen LogP contribution in [0.1, 0.15) is 19.3 Å². The minimum absolute atomic E-state index is 0.289. The molecule has 1 amide bonds. The molecule has 9 heteroatoms. The van der Waals surface area contributed by atoms with Crippen molar-refractivity contribution in [2.24, 2.45) is 11.7 Å². The molecule has 0 saturated heterocycles. The lowest BCUT2D eigenvalue weighted by atomic mass is 10.1. The third kappa shape index (κ3) is 3.12. The number of hydrogen-bond donors (Lipinski definition) is 4. The van der Waals surface area contributed by atoms with Crippen molar-refractivity contribution in [1.82, 2.24) is 9.55 Å². The molecule has 3 heterocycles. The van der Waals surface area contributed by atoms with Crippen LogP contribution in [0.15, 0.2) is 30.3 Å². The third-order valence-electron chi connectivity index (χ3n) is 6.07. The van der Waals surface area contributed by atoms with Crippen LogP contribution in [-0.2, 0) is 11.3 Å². The van der Waals surface area contributed by atoms with Crippen molar-refractivity contribution in [2.45, 2.75) is 38.3 Å². The predicted octanol–water partition coefficient (Wildman–Crippen LogP) is 2.24. The maximum atomic E-state index is 11.9. The highest BCUT2D eigenvalue weighted by Crippen LogP contribution is 2.40. The number of aliphatic hydroxyl groups excluding tert-OH is 1. The lowest BCUT2D eigenvalue weighted by Gasteiger charge is -2.17. The molecule has 9 nitrogen and oxygen atoms in total. The Hall–Kier alpha value is -3.46. The van der Waals surface area contributed by atoms with E-state index < -0.39 is 6.41 Å². The number of primary amides is 1. The van der Waals surface area contributed by atoms with Gasteiger partial charge in [0.1, 0.15) is 28.9 Å². The lowest BCUT2D eigenvalue weighted by Crippen LogP contribution is -2.37. The molecular formula is C22H23N5O4. The Morgan fingerprint density at radius 2 is 2.16 bits per heavy atom. The van der Waals surface area contributed by atoms with E-state index in [1.807, 2.05) is 30.3 Å². The number of carbonyl (C=O) groups is 1. The van der Waals surface area contributed by atoms with Crippen LogP contribution in [0.4, 0.5) is 11.4 Å².